The van der Waals surface area contributed by atoms with Crippen LogP contribution >= 0.6 is 0 Å². The van der Waals surface area contributed by atoms with Gasteiger partial charge in [0.1, 0.15) is 5.82 Å². The van der Waals surface area contributed by atoms with E-state index in [-0.39, 0.29) is 29.6 Å². The lowest BCUT2D eigenvalue weighted by molar-refractivity contribution is -0.141. The minimum Gasteiger partial charge on any atom is -0.391 e. The lowest BCUT2D eigenvalue weighted by Crippen LogP contribution is -2.49. The van der Waals surface area contributed by atoms with E-state index < -0.39 is 11.7 Å². The number of hydrogen-bond acceptors (Lipinski definition) is 5. The summed E-state index contributed by atoms with van der Waals surface area (Å²) in [6, 6.07) is 13.8. The normalized spacial score (nSPS) is 26.1. The summed E-state index contributed by atoms with van der Waals surface area (Å²) in [5, 5.41) is 22.5. The summed E-state index contributed by atoms with van der Waals surface area (Å²) in [6.45, 7) is 1.66. The number of aliphatic hydroxyl groups excluding tert-OH is 1. The van der Waals surface area contributed by atoms with Crippen LogP contribution in [0.3, 0.4) is 0 Å². The van der Waals surface area contributed by atoms with Gasteiger partial charge in [-0.3, -0.25) is 4.79 Å². The number of nitrogens with zero attached hydrogens (tertiary/aromatic N) is 1. The second-order valence-electron chi connectivity index (χ2n) is 10.4. The van der Waals surface area contributed by atoms with Crippen LogP contribution in [0.5, 0.6) is 0 Å². The van der Waals surface area contributed by atoms with Crippen LogP contribution < -0.4 is 5.73 Å². The summed E-state index contributed by atoms with van der Waals surface area (Å²) in [7, 11) is 1.66. The van der Waals surface area contributed by atoms with Crippen molar-refractivity contribution in [2.75, 3.05) is 26.8 Å². The number of carbonyl (C=O) groups excluding carboxylic acids is 1. The Bertz CT molecular complexity index is 1020. The van der Waals surface area contributed by atoms with Gasteiger partial charge in [-0.25, -0.2) is 4.39 Å². The first-order valence-corrected chi connectivity index (χ1v) is 13.1. The molecule has 2 aromatic rings. The van der Waals surface area contributed by atoms with E-state index >= 15 is 0 Å². The number of carbonyl (C=O) groups is 1. The van der Waals surface area contributed by atoms with Crippen molar-refractivity contribution in [1.82, 2.24) is 4.90 Å². The van der Waals surface area contributed by atoms with Gasteiger partial charge in [-0.1, -0.05) is 42.5 Å². The van der Waals surface area contributed by atoms with E-state index in [0.29, 0.717) is 55.6 Å². The molecule has 4 N–H and O–H groups in total. The maximum Gasteiger partial charge on any atom is 0.225 e. The zero-order valence-electron chi connectivity index (χ0n) is 21.1. The SMILES string of the molecule is COCCCC[C@@](O)(c1ccccc1-c1ccccc1F)[C@@H]1CCCN(C(=O)[C@H]2C[C@@H](N)[C@@H](O)C2)C1. The Morgan fingerprint density at radius 2 is 1.86 bits per heavy atom. The molecule has 1 aliphatic heterocycles. The molecule has 0 unspecified atom stereocenters. The summed E-state index contributed by atoms with van der Waals surface area (Å²) in [5.41, 5.74) is 6.57. The second-order valence-corrected chi connectivity index (χ2v) is 10.4. The van der Waals surface area contributed by atoms with Gasteiger partial charge in [0.15, 0.2) is 0 Å². The van der Waals surface area contributed by atoms with Crippen LogP contribution in [-0.4, -0.2) is 60.0 Å². The van der Waals surface area contributed by atoms with Crippen LogP contribution in [0, 0.1) is 17.7 Å². The highest BCUT2D eigenvalue weighted by atomic mass is 19.1. The van der Waals surface area contributed by atoms with Crippen LogP contribution in [0.25, 0.3) is 11.1 Å². The molecule has 2 fully saturated rings. The fourth-order valence-corrected chi connectivity index (χ4v) is 6.05. The third-order valence-electron chi connectivity index (χ3n) is 8.05. The van der Waals surface area contributed by atoms with Crippen molar-refractivity contribution in [3.63, 3.8) is 0 Å². The van der Waals surface area contributed by atoms with Crippen molar-refractivity contribution in [1.29, 1.82) is 0 Å². The first kappa shape index (κ1) is 26.7. The van der Waals surface area contributed by atoms with Crippen LogP contribution in [0.15, 0.2) is 48.5 Å². The van der Waals surface area contributed by atoms with E-state index in [1.807, 2.05) is 29.2 Å². The third kappa shape index (κ3) is 5.65. The number of piperidine rings is 1. The number of amides is 1. The molecule has 1 saturated carbocycles. The van der Waals surface area contributed by atoms with Gasteiger partial charge in [0.05, 0.1) is 11.7 Å². The number of nitrogens with two attached hydrogens (primary N) is 1. The zero-order valence-corrected chi connectivity index (χ0v) is 21.1. The monoisotopic (exact) mass is 498 g/mol. The van der Waals surface area contributed by atoms with Crippen LogP contribution in [-0.2, 0) is 15.1 Å². The average Bonchev–Trinajstić information content (AvgIpc) is 3.24. The summed E-state index contributed by atoms with van der Waals surface area (Å²) in [4.78, 5) is 15.2. The van der Waals surface area contributed by atoms with Gasteiger partial charge in [0, 0.05) is 50.2 Å². The molecule has 0 aromatic heterocycles. The Hall–Kier alpha value is -2.32. The first-order valence-electron chi connectivity index (χ1n) is 13.1. The smallest absolute Gasteiger partial charge is 0.225 e. The minimum absolute atomic E-state index is 0.0100. The Labute approximate surface area is 213 Å². The summed E-state index contributed by atoms with van der Waals surface area (Å²) in [5.74, 6) is -0.806. The van der Waals surface area contributed by atoms with E-state index in [1.54, 1.807) is 25.3 Å². The second kappa shape index (κ2) is 11.8. The molecule has 0 radical (unpaired) electrons. The maximum absolute atomic E-state index is 14.9. The van der Waals surface area contributed by atoms with E-state index in [4.69, 9.17) is 10.5 Å². The molecule has 196 valence electrons. The number of rotatable bonds is 9. The fourth-order valence-electron chi connectivity index (χ4n) is 6.05. The Balaban J connectivity index is 1.65. The maximum atomic E-state index is 14.9. The molecule has 1 saturated heterocycles. The number of ether oxygens (including phenoxy) is 1. The summed E-state index contributed by atoms with van der Waals surface area (Å²) in [6.07, 6.45) is 3.80. The van der Waals surface area contributed by atoms with Crippen molar-refractivity contribution in [2.24, 2.45) is 17.6 Å². The number of aliphatic hydroxyl groups is 2. The first-order chi connectivity index (χ1) is 17.3. The van der Waals surface area contributed by atoms with E-state index in [1.165, 1.54) is 6.07 Å². The predicted octanol–water partition coefficient (Wildman–Crippen LogP) is 3.83. The van der Waals surface area contributed by atoms with Gasteiger partial charge < -0.3 is 25.6 Å². The largest absolute Gasteiger partial charge is 0.391 e. The average molecular weight is 499 g/mol. The highest BCUT2D eigenvalue weighted by molar-refractivity contribution is 5.79. The van der Waals surface area contributed by atoms with Gasteiger partial charge >= 0.3 is 0 Å². The molecule has 2 aliphatic rings. The molecular weight excluding hydrogens is 459 g/mol. The zero-order chi connectivity index (χ0) is 25.7. The molecule has 7 heteroatoms. The van der Waals surface area contributed by atoms with E-state index in [9.17, 15) is 19.4 Å². The van der Waals surface area contributed by atoms with Gasteiger partial charge in [-0.2, -0.15) is 0 Å². The lowest BCUT2D eigenvalue weighted by atomic mass is 9.72. The van der Waals surface area contributed by atoms with Crippen molar-refractivity contribution in [2.45, 2.75) is 62.7 Å². The number of halogens is 1. The molecule has 36 heavy (non-hydrogen) atoms. The molecule has 0 spiro atoms. The number of benzene rings is 2. The summed E-state index contributed by atoms with van der Waals surface area (Å²) < 4.78 is 20.1. The molecular formula is C29H39FN2O4. The molecule has 0 bridgehead atoms. The van der Waals surface area contributed by atoms with Gasteiger partial charge in [-0.05, 0) is 62.1 Å². The molecule has 1 aliphatic carbocycles. The van der Waals surface area contributed by atoms with E-state index in [0.717, 1.165) is 25.7 Å². The van der Waals surface area contributed by atoms with Gasteiger partial charge in [0.25, 0.3) is 0 Å². The molecule has 5 atom stereocenters. The highest BCUT2D eigenvalue weighted by Gasteiger charge is 2.44. The van der Waals surface area contributed by atoms with E-state index in [2.05, 4.69) is 0 Å². The van der Waals surface area contributed by atoms with Crippen molar-refractivity contribution in [3.05, 3.63) is 59.9 Å². The molecule has 1 heterocycles. The Kier molecular flexibility index (Phi) is 8.78. The standard InChI is InChI=1S/C29H39FN2O4/c1-36-16-7-6-14-29(35,24-12-4-2-10-22(24)23-11-3-5-13-25(23)30)21-9-8-15-32(19-21)28(34)20-17-26(31)27(33)18-20/h2-5,10-13,20-21,26-27,33,35H,6-9,14-19,31H2,1H3/t20-,21+,26+,27-,29-/m0/s1. The van der Waals surface area contributed by atoms with Gasteiger partial charge in [-0.15, -0.1) is 0 Å². The minimum atomic E-state index is -1.24. The fraction of sp³-hybridized carbons (Fsp3) is 0.552. The number of methoxy groups -OCH3 is 1. The third-order valence-corrected chi connectivity index (χ3v) is 8.05. The van der Waals surface area contributed by atoms with Crippen LogP contribution in [0.4, 0.5) is 4.39 Å². The predicted molar refractivity (Wildman–Crippen MR) is 137 cm³/mol. The topological polar surface area (TPSA) is 96.0 Å². The molecule has 1 amide bonds. The highest BCUT2D eigenvalue weighted by Crippen LogP contribution is 2.44. The Morgan fingerprint density at radius 1 is 1.14 bits per heavy atom. The van der Waals surface area contributed by atoms with Crippen LogP contribution in [0.1, 0.15) is 50.5 Å². The summed E-state index contributed by atoms with van der Waals surface area (Å²) >= 11 is 0. The number of hydrogen-bond donors (Lipinski definition) is 3. The number of likely N-dealkylation sites (tertiary alicyclic amines) is 1. The molecule has 6 nitrogen and oxygen atoms in total. The van der Waals surface area contributed by atoms with Crippen LogP contribution in [0.2, 0.25) is 0 Å². The molecule has 4 rings (SSSR count). The lowest BCUT2D eigenvalue weighted by Gasteiger charge is -2.44. The van der Waals surface area contributed by atoms with Gasteiger partial charge in [0.2, 0.25) is 5.91 Å². The number of unbranched alkanes of at least 4 members (excludes halogenated alkanes) is 1. The Morgan fingerprint density at radius 3 is 2.56 bits per heavy atom. The van der Waals surface area contributed by atoms with Crippen molar-refractivity contribution >= 4 is 5.91 Å². The molecule has 2 aromatic carbocycles. The van der Waals surface area contributed by atoms with Crippen molar-refractivity contribution < 1.29 is 24.1 Å². The van der Waals surface area contributed by atoms with Crippen molar-refractivity contribution in [3.8, 4) is 11.1 Å². The quantitative estimate of drug-likeness (QED) is 0.457.